The van der Waals surface area contributed by atoms with Crippen molar-refractivity contribution in [3.63, 3.8) is 0 Å². The van der Waals surface area contributed by atoms with E-state index in [4.69, 9.17) is 9.47 Å². The summed E-state index contributed by atoms with van der Waals surface area (Å²) in [6, 6.07) is 8.12. The van der Waals surface area contributed by atoms with Crippen molar-refractivity contribution < 1.29 is 14.3 Å². The number of hydrogen-bond acceptors (Lipinski definition) is 4. The van der Waals surface area contributed by atoms with E-state index < -0.39 is 0 Å². The number of amides is 1. The average molecular weight is 297 g/mol. The van der Waals surface area contributed by atoms with Crippen LogP contribution in [0.15, 0.2) is 29.2 Å². The first-order valence-corrected chi connectivity index (χ1v) is 7.55. The van der Waals surface area contributed by atoms with Crippen LogP contribution in [0.3, 0.4) is 0 Å². The van der Waals surface area contributed by atoms with Gasteiger partial charge in [-0.2, -0.15) is 0 Å². The maximum atomic E-state index is 11.4. The second-order valence-electron chi connectivity index (χ2n) is 4.61. The van der Waals surface area contributed by atoms with Crippen LogP contribution in [0.5, 0.6) is 0 Å². The highest BCUT2D eigenvalue weighted by Gasteiger charge is 2.08. The highest BCUT2D eigenvalue weighted by atomic mass is 32.2. The van der Waals surface area contributed by atoms with Gasteiger partial charge in [0.25, 0.3) is 0 Å². The number of ether oxygens (including phenoxy) is 2. The molecule has 0 spiro atoms. The maximum absolute atomic E-state index is 11.4. The minimum atomic E-state index is -0.313. The Hall–Kier alpha value is -1.04. The van der Waals surface area contributed by atoms with Crippen LogP contribution in [0.1, 0.15) is 24.7 Å². The van der Waals surface area contributed by atoms with Gasteiger partial charge in [-0.15, -0.1) is 11.8 Å². The molecule has 0 unspecified atom stereocenters. The van der Waals surface area contributed by atoms with Gasteiger partial charge in [-0.1, -0.05) is 12.1 Å². The Morgan fingerprint density at radius 1 is 1.20 bits per heavy atom. The molecule has 5 heteroatoms. The molecule has 0 atom stereocenters. The first kappa shape index (κ1) is 17.0. The molecule has 0 saturated carbocycles. The molecule has 1 aromatic carbocycles. The predicted octanol–water partition coefficient (Wildman–Crippen LogP) is 2.94. The van der Waals surface area contributed by atoms with Crippen molar-refractivity contribution in [3.05, 3.63) is 29.8 Å². The molecule has 0 bridgehead atoms. The number of hydrogen-bond donors (Lipinski definition) is 0. The Morgan fingerprint density at radius 3 is 2.30 bits per heavy atom. The zero-order chi connectivity index (χ0) is 15.0. The van der Waals surface area contributed by atoms with Gasteiger partial charge in [-0.05, 0) is 24.3 Å². The van der Waals surface area contributed by atoms with Crippen LogP contribution in [0, 0.1) is 0 Å². The zero-order valence-electron chi connectivity index (χ0n) is 12.6. The van der Waals surface area contributed by atoms with E-state index in [2.05, 4.69) is 12.1 Å². The van der Waals surface area contributed by atoms with E-state index in [1.54, 1.807) is 45.0 Å². The molecule has 0 aromatic heterocycles. The van der Waals surface area contributed by atoms with E-state index in [0.717, 1.165) is 17.7 Å². The third kappa shape index (κ3) is 5.53. The van der Waals surface area contributed by atoms with Crippen LogP contribution in [-0.2, 0) is 14.3 Å². The molecule has 0 aliphatic rings. The number of carbonyl (C=O) groups excluding carboxylic acids is 1. The second-order valence-corrected chi connectivity index (χ2v) is 5.78. The number of methoxy groups -OCH3 is 2. The Morgan fingerprint density at radius 2 is 1.80 bits per heavy atom. The average Bonchev–Trinajstić information content (AvgIpc) is 2.46. The van der Waals surface area contributed by atoms with Crippen LogP contribution in [0.4, 0.5) is 0 Å². The molecule has 112 valence electrons. The van der Waals surface area contributed by atoms with Crippen LogP contribution in [0.2, 0.25) is 0 Å². The molecular formula is C15H23NO3S. The van der Waals surface area contributed by atoms with Crippen LogP contribution >= 0.6 is 11.8 Å². The maximum Gasteiger partial charge on any atom is 0.222 e. The summed E-state index contributed by atoms with van der Waals surface area (Å²) in [5, 5.41) is 0. The molecule has 0 radical (unpaired) electrons. The van der Waals surface area contributed by atoms with Gasteiger partial charge in [-0.3, -0.25) is 4.79 Å². The smallest absolute Gasteiger partial charge is 0.222 e. The van der Waals surface area contributed by atoms with Gasteiger partial charge in [0.2, 0.25) is 5.91 Å². The molecule has 1 rings (SSSR count). The quantitative estimate of drug-likeness (QED) is 0.420. The lowest BCUT2D eigenvalue weighted by atomic mass is 10.2. The summed E-state index contributed by atoms with van der Waals surface area (Å²) in [7, 11) is 6.82. The molecule has 0 aliphatic heterocycles. The summed E-state index contributed by atoms with van der Waals surface area (Å²) in [6.07, 6.45) is 1.18. The first-order valence-electron chi connectivity index (χ1n) is 6.57. The number of rotatable bonds is 8. The molecule has 1 amide bonds. The van der Waals surface area contributed by atoms with Gasteiger partial charge in [-0.25, -0.2) is 0 Å². The number of carbonyl (C=O) groups is 1. The summed E-state index contributed by atoms with van der Waals surface area (Å²) in [4.78, 5) is 14.3. The Kier molecular flexibility index (Phi) is 7.65. The lowest BCUT2D eigenvalue weighted by Gasteiger charge is -2.13. The third-order valence-electron chi connectivity index (χ3n) is 2.88. The van der Waals surface area contributed by atoms with Crippen molar-refractivity contribution in [2.45, 2.75) is 24.0 Å². The minimum Gasteiger partial charge on any atom is -0.352 e. The van der Waals surface area contributed by atoms with Crippen molar-refractivity contribution in [2.75, 3.05) is 34.1 Å². The van der Waals surface area contributed by atoms with Crippen LogP contribution in [0.25, 0.3) is 0 Å². The first-order chi connectivity index (χ1) is 9.58. The van der Waals surface area contributed by atoms with E-state index >= 15 is 0 Å². The van der Waals surface area contributed by atoms with E-state index in [0.29, 0.717) is 6.42 Å². The third-order valence-corrected chi connectivity index (χ3v) is 3.98. The Balaban J connectivity index is 2.37. The van der Waals surface area contributed by atoms with Crippen LogP contribution in [-0.4, -0.2) is 44.9 Å². The van der Waals surface area contributed by atoms with E-state index in [9.17, 15) is 4.79 Å². The van der Waals surface area contributed by atoms with Crippen molar-refractivity contribution in [2.24, 2.45) is 0 Å². The van der Waals surface area contributed by atoms with Gasteiger partial charge < -0.3 is 14.4 Å². The van der Waals surface area contributed by atoms with Crippen LogP contribution < -0.4 is 0 Å². The molecule has 0 heterocycles. The summed E-state index contributed by atoms with van der Waals surface area (Å²) < 4.78 is 10.4. The molecular weight excluding hydrogens is 274 g/mol. The largest absolute Gasteiger partial charge is 0.352 e. The van der Waals surface area contributed by atoms with Gasteiger partial charge in [0.15, 0.2) is 6.29 Å². The van der Waals surface area contributed by atoms with E-state index in [-0.39, 0.29) is 12.2 Å². The monoisotopic (exact) mass is 297 g/mol. The number of benzene rings is 1. The predicted molar refractivity (Wildman–Crippen MR) is 81.9 cm³/mol. The standard InChI is InChI=1S/C15H23NO3S/c1-16(2)14(17)6-5-11-20-13-9-7-12(8-10-13)15(18-3)19-4/h7-10,15H,5-6,11H2,1-4H3. The Labute approximate surface area is 125 Å². The highest BCUT2D eigenvalue weighted by molar-refractivity contribution is 7.99. The number of nitrogens with zero attached hydrogens (tertiary/aromatic N) is 1. The molecule has 1 aromatic rings. The fraction of sp³-hybridized carbons (Fsp3) is 0.533. The fourth-order valence-corrected chi connectivity index (χ4v) is 2.58. The van der Waals surface area contributed by atoms with Crippen molar-refractivity contribution in [3.8, 4) is 0 Å². The van der Waals surface area contributed by atoms with E-state index in [1.165, 1.54) is 4.90 Å². The molecule has 0 N–H and O–H groups in total. The van der Waals surface area contributed by atoms with Crippen molar-refractivity contribution in [1.29, 1.82) is 0 Å². The molecule has 4 nitrogen and oxygen atoms in total. The molecule has 0 aliphatic carbocycles. The number of thioether (sulfide) groups is 1. The summed E-state index contributed by atoms with van der Waals surface area (Å²) in [6.45, 7) is 0. The molecule has 20 heavy (non-hydrogen) atoms. The molecule has 0 fully saturated rings. The minimum absolute atomic E-state index is 0.184. The fourth-order valence-electron chi connectivity index (χ4n) is 1.73. The lowest BCUT2D eigenvalue weighted by Crippen LogP contribution is -2.21. The van der Waals surface area contributed by atoms with Crippen molar-refractivity contribution >= 4 is 17.7 Å². The summed E-state index contributed by atoms with van der Waals surface area (Å²) in [5.41, 5.74) is 1.00. The zero-order valence-corrected chi connectivity index (χ0v) is 13.4. The topological polar surface area (TPSA) is 38.8 Å². The Bertz CT molecular complexity index is 402. The lowest BCUT2D eigenvalue weighted by molar-refractivity contribution is -0.128. The summed E-state index contributed by atoms with van der Waals surface area (Å²) >= 11 is 1.76. The van der Waals surface area contributed by atoms with E-state index in [1.807, 2.05) is 12.1 Å². The van der Waals surface area contributed by atoms with Gasteiger partial charge in [0.1, 0.15) is 0 Å². The van der Waals surface area contributed by atoms with Gasteiger partial charge >= 0.3 is 0 Å². The highest BCUT2D eigenvalue weighted by Crippen LogP contribution is 2.23. The molecule has 0 saturated heterocycles. The van der Waals surface area contributed by atoms with Gasteiger partial charge in [0.05, 0.1) is 0 Å². The normalized spacial score (nSPS) is 10.8. The summed E-state index contributed by atoms with van der Waals surface area (Å²) in [5.74, 6) is 1.13. The van der Waals surface area contributed by atoms with Gasteiger partial charge in [0, 0.05) is 45.2 Å². The second kappa shape index (κ2) is 9.00. The SMILES string of the molecule is COC(OC)c1ccc(SCCCC(=O)N(C)C)cc1. The van der Waals surface area contributed by atoms with Crippen molar-refractivity contribution in [1.82, 2.24) is 4.90 Å².